The molecule has 0 radical (unpaired) electrons. The number of nitrogens with zero attached hydrogens (tertiary/aromatic N) is 1. The van der Waals surface area contributed by atoms with Gasteiger partial charge in [-0.1, -0.05) is 29.9 Å². The topological polar surface area (TPSA) is 78.9 Å². The van der Waals surface area contributed by atoms with Gasteiger partial charge in [-0.3, -0.25) is 4.79 Å². The molecule has 0 saturated carbocycles. The third-order valence-corrected chi connectivity index (χ3v) is 4.39. The molecule has 0 saturated heterocycles. The lowest BCUT2D eigenvalue weighted by molar-refractivity contribution is -0.126. The summed E-state index contributed by atoms with van der Waals surface area (Å²) in [5.74, 6) is -0.854. The Bertz CT molecular complexity index is 799. The summed E-state index contributed by atoms with van der Waals surface area (Å²) in [6.45, 7) is 6.96. The number of amides is 2. The Balaban J connectivity index is 2.24. The van der Waals surface area contributed by atoms with Gasteiger partial charge in [0.1, 0.15) is 21.9 Å². The molecule has 0 fully saturated rings. The van der Waals surface area contributed by atoms with Crippen LogP contribution < -0.4 is 5.32 Å². The minimum Gasteiger partial charge on any atom is -0.511 e. The second kappa shape index (κ2) is 7.63. The summed E-state index contributed by atoms with van der Waals surface area (Å²) >= 11 is 11.4. The fourth-order valence-electron chi connectivity index (χ4n) is 2.35. The summed E-state index contributed by atoms with van der Waals surface area (Å²) in [4.78, 5) is 25.9. The number of carbonyl (C=O) groups is 2. The zero-order chi connectivity index (χ0) is 19.6. The fraction of sp³-hybridized carbons (Fsp3) is 0.389. The van der Waals surface area contributed by atoms with E-state index in [1.54, 1.807) is 45.9 Å². The smallest absolute Gasteiger partial charge is 0.417 e. The lowest BCUT2D eigenvalue weighted by Gasteiger charge is -2.30. The molecule has 2 N–H and O–H groups in total. The summed E-state index contributed by atoms with van der Waals surface area (Å²) in [5.41, 5.74) is 0.516. The number of benzene rings is 1. The molecule has 1 aliphatic rings. The van der Waals surface area contributed by atoms with Crippen LogP contribution in [0.25, 0.3) is 0 Å². The highest BCUT2D eigenvalue weighted by Crippen LogP contribution is 2.26. The molecule has 6 nitrogen and oxygen atoms in total. The average Bonchev–Trinajstić information content (AvgIpc) is 2.50. The third-order valence-electron chi connectivity index (χ3n) is 3.68. The van der Waals surface area contributed by atoms with Gasteiger partial charge in [0.05, 0.1) is 0 Å². The van der Waals surface area contributed by atoms with Crippen molar-refractivity contribution in [1.29, 1.82) is 0 Å². The number of hydrogen-bond donors (Lipinski definition) is 2. The van der Waals surface area contributed by atoms with E-state index in [9.17, 15) is 14.7 Å². The van der Waals surface area contributed by atoms with E-state index in [0.29, 0.717) is 10.7 Å². The summed E-state index contributed by atoms with van der Waals surface area (Å²) in [6.07, 6.45) is -0.661. The SMILES string of the molecule is Cc1c(Cl)cccc1NC(=S)C1=C(O)CCN(C(=O)OC(C)(C)C)C1=O. The number of ether oxygens (including phenoxy) is 1. The molecular weight excluding hydrogens is 376 g/mol. The van der Waals surface area contributed by atoms with Crippen LogP contribution in [-0.4, -0.2) is 39.1 Å². The van der Waals surface area contributed by atoms with Crippen molar-refractivity contribution < 1.29 is 19.4 Å². The second-order valence-corrected chi connectivity index (χ2v) is 7.69. The van der Waals surface area contributed by atoms with E-state index in [4.69, 9.17) is 28.6 Å². The van der Waals surface area contributed by atoms with E-state index < -0.39 is 17.6 Å². The number of aliphatic hydroxyl groups excluding tert-OH is 1. The molecule has 0 aliphatic carbocycles. The van der Waals surface area contributed by atoms with Gasteiger partial charge in [-0.2, -0.15) is 0 Å². The van der Waals surface area contributed by atoms with Gasteiger partial charge in [-0.05, 0) is 45.4 Å². The molecule has 2 rings (SSSR count). The third kappa shape index (κ3) is 4.53. The van der Waals surface area contributed by atoms with E-state index in [1.807, 2.05) is 0 Å². The van der Waals surface area contributed by atoms with Gasteiger partial charge >= 0.3 is 6.09 Å². The van der Waals surface area contributed by atoms with Gasteiger partial charge < -0.3 is 15.2 Å². The van der Waals surface area contributed by atoms with Gasteiger partial charge in [-0.25, -0.2) is 9.69 Å². The quantitative estimate of drug-likeness (QED) is 0.723. The molecule has 0 aromatic heterocycles. The summed E-state index contributed by atoms with van der Waals surface area (Å²) in [5, 5.41) is 13.6. The highest BCUT2D eigenvalue weighted by molar-refractivity contribution is 7.81. The molecule has 0 spiro atoms. The van der Waals surface area contributed by atoms with Crippen LogP contribution in [0.1, 0.15) is 32.8 Å². The van der Waals surface area contributed by atoms with Crippen molar-refractivity contribution in [2.45, 2.75) is 39.7 Å². The number of thiocarbonyl (C=S) groups is 1. The Morgan fingerprint density at radius 2 is 2.04 bits per heavy atom. The van der Waals surface area contributed by atoms with Crippen LogP contribution in [0.5, 0.6) is 0 Å². The van der Waals surface area contributed by atoms with Crippen LogP contribution in [0, 0.1) is 6.92 Å². The molecule has 26 heavy (non-hydrogen) atoms. The van der Waals surface area contributed by atoms with Crippen LogP contribution in [0.4, 0.5) is 10.5 Å². The molecule has 1 aliphatic heterocycles. The van der Waals surface area contributed by atoms with Gasteiger partial charge in [0.15, 0.2) is 0 Å². The molecule has 140 valence electrons. The van der Waals surface area contributed by atoms with Crippen LogP contribution >= 0.6 is 23.8 Å². The standard InChI is InChI=1S/C18H21ClN2O4S/c1-10-11(19)6-5-7-12(10)20-15(26)14-13(22)8-9-21(16(14)23)17(24)25-18(2,3)4/h5-7,22H,8-9H2,1-4H3,(H,20,26). The highest BCUT2D eigenvalue weighted by Gasteiger charge is 2.36. The number of anilines is 1. The molecule has 0 bridgehead atoms. The summed E-state index contributed by atoms with van der Waals surface area (Å²) < 4.78 is 5.24. The van der Waals surface area contributed by atoms with Crippen LogP contribution in [-0.2, 0) is 9.53 Å². The number of carbonyl (C=O) groups excluding carboxylic acids is 2. The predicted octanol–water partition coefficient (Wildman–Crippen LogP) is 4.37. The van der Waals surface area contributed by atoms with Crippen molar-refractivity contribution in [1.82, 2.24) is 4.90 Å². The van der Waals surface area contributed by atoms with Crippen molar-refractivity contribution in [3.63, 3.8) is 0 Å². The molecule has 8 heteroatoms. The van der Waals surface area contributed by atoms with Gasteiger partial charge in [-0.15, -0.1) is 0 Å². The maximum atomic E-state index is 12.7. The van der Waals surface area contributed by atoms with Crippen molar-refractivity contribution in [2.75, 3.05) is 11.9 Å². The normalized spacial score (nSPS) is 15.1. The first-order valence-electron chi connectivity index (χ1n) is 8.04. The van der Waals surface area contributed by atoms with E-state index >= 15 is 0 Å². The van der Waals surface area contributed by atoms with Crippen molar-refractivity contribution in [3.8, 4) is 0 Å². The van der Waals surface area contributed by atoms with E-state index in [1.165, 1.54) is 0 Å². The fourth-order valence-corrected chi connectivity index (χ4v) is 2.84. The maximum Gasteiger partial charge on any atom is 0.417 e. The van der Waals surface area contributed by atoms with Crippen molar-refractivity contribution >= 4 is 46.5 Å². The Hall–Kier alpha value is -2.12. The number of imide groups is 1. The predicted molar refractivity (Wildman–Crippen MR) is 105 cm³/mol. The van der Waals surface area contributed by atoms with E-state index in [2.05, 4.69) is 5.32 Å². The second-order valence-electron chi connectivity index (χ2n) is 6.88. The molecular formula is C18H21ClN2O4S. The Morgan fingerprint density at radius 1 is 1.38 bits per heavy atom. The Labute approximate surface area is 162 Å². The summed E-state index contributed by atoms with van der Waals surface area (Å²) in [7, 11) is 0. The zero-order valence-electron chi connectivity index (χ0n) is 15.1. The lowest BCUT2D eigenvalue weighted by atomic mass is 10.1. The van der Waals surface area contributed by atoms with Crippen LogP contribution in [0.3, 0.4) is 0 Å². The molecule has 2 amide bonds. The summed E-state index contributed by atoms with van der Waals surface area (Å²) in [6, 6.07) is 5.23. The molecule has 1 aromatic carbocycles. The first-order valence-corrected chi connectivity index (χ1v) is 8.83. The number of aliphatic hydroxyl groups is 1. The van der Waals surface area contributed by atoms with Crippen molar-refractivity contribution in [3.05, 3.63) is 40.1 Å². The van der Waals surface area contributed by atoms with Crippen molar-refractivity contribution in [2.24, 2.45) is 0 Å². The van der Waals surface area contributed by atoms with E-state index in [-0.39, 0.29) is 29.3 Å². The molecule has 1 aromatic rings. The van der Waals surface area contributed by atoms with Crippen LogP contribution in [0.2, 0.25) is 5.02 Å². The van der Waals surface area contributed by atoms with Gasteiger partial charge in [0.25, 0.3) is 5.91 Å². The molecule has 0 unspecified atom stereocenters. The van der Waals surface area contributed by atoms with E-state index in [0.717, 1.165) is 10.5 Å². The minimum absolute atomic E-state index is 0.0196. The molecule has 0 atom stereocenters. The largest absolute Gasteiger partial charge is 0.511 e. The number of hydrogen-bond acceptors (Lipinski definition) is 5. The van der Waals surface area contributed by atoms with Crippen LogP contribution in [0.15, 0.2) is 29.5 Å². The van der Waals surface area contributed by atoms with Gasteiger partial charge in [0.2, 0.25) is 0 Å². The minimum atomic E-state index is -0.769. The Morgan fingerprint density at radius 3 is 2.65 bits per heavy atom. The molecule has 1 heterocycles. The first-order chi connectivity index (χ1) is 12.0. The average molecular weight is 397 g/mol. The van der Waals surface area contributed by atoms with Gasteiger partial charge in [0, 0.05) is 23.7 Å². The number of rotatable bonds is 2. The number of halogens is 1. The maximum absolute atomic E-state index is 12.7. The first kappa shape index (κ1) is 20.2. The lowest BCUT2D eigenvalue weighted by Crippen LogP contribution is -2.46. The number of nitrogens with one attached hydrogen (secondary N) is 1. The zero-order valence-corrected chi connectivity index (χ0v) is 16.6. The monoisotopic (exact) mass is 396 g/mol. The highest BCUT2D eigenvalue weighted by atomic mass is 35.5. The Kier molecular flexibility index (Phi) is 5.93.